The number of anilines is 1. The minimum atomic E-state index is -2.78. The van der Waals surface area contributed by atoms with E-state index in [2.05, 4.69) is 10.6 Å². The van der Waals surface area contributed by atoms with Gasteiger partial charge in [-0.15, -0.1) is 23.2 Å². The van der Waals surface area contributed by atoms with Crippen LogP contribution in [0.3, 0.4) is 0 Å². The lowest BCUT2D eigenvalue weighted by Gasteiger charge is -2.35. The van der Waals surface area contributed by atoms with Crippen LogP contribution in [0.15, 0.2) is 36.4 Å². The fourth-order valence-electron chi connectivity index (χ4n) is 3.80. The van der Waals surface area contributed by atoms with Crippen LogP contribution in [0.5, 0.6) is 0 Å². The van der Waals surface area contributed by atoms with Crippen molar-refractivity contribution in [1.29, 1.82) is 0 Å². The van der Waals surface area contributed by atoms with Crippen LogP contribution in [0.2, 0.25) is 10.0 Å². The van der Waals surface area contributed by atoms with Gasteiger partial charge in [-0.2, -0.15) is 0 Å². The van der Waals surface area contributed by atoms with Crippen molar-refractivity contribution in [3.05, 3.63) is 63.4 Å². The zero-order chi connectivity index (χ0) is 23.4. The largest absolute Gasteiger partial charge is 0.349 e. The molecule has 0 heterocycles. The molecule has 2 N–H and O–H groups in total. The molecule has 0 aliphatic heterocycles. The average Bonchev–Trinajstić information content (AvgIpc) is 3.26. The molecule has 2 aliphatic carbocycles. The number of amides is 2. The van der Waals surface area contributed by atoms with Gasteiger partial charge < -0.3 is 10.6 Å². The smallest absolute Gasteiger partial charge is 0.253 e. The Labute approximate surface area is 201 Å². The Morgan fingerprint density at radius 3 is 2.28 bits per heavy atom. The van der Waals surface area contributed by atoms with Gasteiger partial charge >= 0.3 is 0 Å². The molecule has 0 spiro atoms. The number of benzene rings is 2. The van der Waals surface area contributed by atoms with Gasteiger partial charge in [0.2, 0.25) is 5.91 Å². The standard InChI is InChI=1S/C21H15Cl4F3N2O2/c22-13-4-2-10(6-12(13)18(31)30-11-7-20(27,28)8-11)29-19(32)17-16(21(17,24)25)9-1-3-14(23)15(26)5-9/h1-6,11,16-17H,7-8H2,(H,29,32)(H,30,31)/t16-,17+/m0/s1. The number of hydrogen-bond acceptors (Lipinski definition) is 2. The van der Waals surface area contributed by atoms with E-state index in [4.69, 9.17) is 46.4 Å². The second kappa shape index (κ2) is 8.28. The van der Waals surface area contributed by atoms with Crippen molar-refractivity contribution in [3.8, 4) is 0 Å². The third-order valence-electron chi connectivity index (χ3n) is 5.54. The zero-order valence-corrected chi connectivity index (χ0v) is 19.1. The monoisotopic (exact) mass is 524 g/mol. The van der Waals surface area contributed by atoms with E-state index >= 15 is 0 Å². The summed E-state index contributed by atoms with van der Waals surface area (Å²) >= 11 is 24.3. The first-order valence-electron chi connectivity index (χ1n) is 9.51. The number of alkyl halides is 4. The Morgan fingerprint density at radius 2 is 1.66 bits per heavy atom. The first-order chi connectivity index (χ1) is 14.9. The van der Waals surface area contributed by atoms with Gasteiger partial charge in [-0.3, -0.25) is 9.59 Å². The number of hydrogen-bond donors (Lipinski definition) is 2. The van der Waals surface area contributed by atoms with Crippen LogP contribution >= 0.6 is 46.4 Å². The van der Waals surface area contributed by atoms with E-state index in [0.717, 1.165) is 0 Å². The van der Waals surface area contributed by atoms with Gasteiger partial charge in [0, 0.05) is 30.5 Å². The first kappa shape index (κ1) is 23.5. The van der Waals surface area contributed by atoms with Gasteiger partial charge in [-0.25, -0.2) is 13.2 Å². The number of rotatable bonds is 5. The summed E-state index contributed by atoms with van der Waals surface area (Å²) < 4.78 is 38.3. The summed E-state index contributed by atoms with van der Waals surface area (Å²) in [6.07, 6.45) is -0.872. The average molecular weight is 526 g/mol. The topological polar surface area (TPSA) is 58.2 Å². The molecule has 2 saturated carbocycles. The molecule has 2 aromatic rings. The van der Waals surface area contributed by atoms with Gasteiger partial charge in [0.15, 0.2) is 0 Å². The lowest BCUT2D eigenvalue weighted by Crippen LogP contribution is -2.50. The van der Waals surface area contributed by atoms with Crippen LogP contribution in [0.1, 0.15) is 34.7 Å². The molecule has 32 heavy (non-hydrogen) atoms. The van der Waals surface area contributed by atoms with E-state index < -0.39 is 58.6 Å². The second-order valence-corrected chi connectivity index (χ2v) is 10.2. The maximum atomic E-state index is 13.8. The van der Waals surface area contributed by atoms with Crippen molar-refractivity contribution < 1.29 is 22.8 Å². The van der Waals surface area contributed by atoms with Crippen LogP contribution in [0.4, 0.5) is 18.9 Å². The summed E-state index contributed by atoms with van der Waals surface area (Å²) in [6.45, 7) is 0. The van der Waals surface area contributed by atoms with Crippen molar-refractivity contribution in [1.82, 2.24) is 5.32 Å². The Kier molecular flexibility index (Phi) is 6.07. The molecule has 2 aromatic carbocycles. The highest BCUT2D eigenvalue weighted by Gasteiger charge is 2.67. The molecular formula is C21H15Cl4F3N2O2. The fraction of sp³-hybridized carbons (Fsp3) is 0.333. The third-order valence-corrected chi connectivity index (χ3v) is 7.12. The molecule has 2 atom stereocenters. The van der Waals surface area contributed by atoms with Gasteiger partial charge in [-0.1, -0.05) is 29.3 Å². The number of carbonyl (C=O) groups excluding carboxylic acids is 2. The van der Waals surface area contributed by atoms with Crippen LogP contribution in [0, 0.1) is 11.7 Å². The second-order valence-electron chi connectivity index (χ2n) is 7.92. The van der Waals surface area contributed by atoms with Crippen molar-refractivity contribution in [2.24, 2.45) is 5.92 Å². The lowest BCUT2D eigenvalue weighted by atomic mass is 9.88. The van der Waals surface area contributed by atoms with Crippen LogP contribution < -0.4 is 10.6 Å². The molecule has 0 unspecified atom stereocenters. The predicted octanol–water partition coefficient (Wildman–Crippen LogP) is 6.19. The Balaban J connectivity index is 1.46. The summed E-state index contributed by atoms with van der Waals surface area (Å²) in [6, 6.07) is 7.62. The molecule has 4 nitrogen and oxygen atoms in total. The molecular weight excluding hydrogens is 511 g/mol. The summed E-state index contributed by atoms with van der Waals surface area (Å²) in [5.41, 5.74) is 0.681. The Bertz CT molecular complexity index is 1100. The number of carbonyl (C=O) groups is 2. The Morgan fingerprint density at radius 1 is 1.00 bits per heavy atom. The maximum Gasteiger partial charge on any atom is 0.253 e. The molecule has 2 fully saturated rings. The van der Waals surface area contributed by atoms with E-state index in [1.807, 2.05) is 0 Å². The van der Waals surface area contributed by atoms with Crippen LogP contribution in [-0.4, -0.2) is 28.1 Å². The molecule has 2 aliphatic rings. The molecule has 0 radical (unpaired) electrons. The van der Waals surface area contributed by atoms with Crippen LogP contribution in [-0.2, 0) is 4.79 Å². The van der Waals surface area contributed by atoms with Crippen molar-refractivity contribution >= 4 is 63.9 Å². The van der Waals surface area contributed by atoms with E-state index in [0.29, 0.717) is 5.56 Å². The summed E-state index contributed by atoms with van der Waals surface area (Å²) in [5.74, 6) is -6.14. The quantitative estimate of drug-likeness (QED) is 0.457. The normalized spacial score (nSPS) is 23.2. The number of halogens is 7. The minimum absolute atomic E-state index is 0.0230. The van der Waals surface area contributed by atoms with E-state index in [1.54, 1.807) is 0 Å². The molecule has 0 bridgehead atoms. The van der Waals surface area contributed by atoms with E-state index in [9.17, 15) is 22.8 Å². The highest BCUT2D eigenvalue weighted by molar-refractivity contribution is 6.53. The maximum absolute atomic E-state index is 13.8. The molecule has 170 valence electrons. The van der Waals surface area contributed by atoms with Gasteiger partial charge in [0.05, 0.1) is 21.5 Å². The molecule has 2 amide bonds. The van der Waals surface area contributed by atoms with Gasteiger partial charge in [-0.05, 0) is 35.9 Å². The first-order valence-corrected chi connectivity index (χ1v) is 11.0. The third kappa shape index (κ3) is 4.53. The highest BCUT2D eigenvalue weighted by Crippen LogP contribution is 2.65. The molecule has 4 rings (SSSR count). The van der Waals surface area contributed by atoms with E-state index in [1.165, 1.54) is 36.4 Å². The zero-order valence-electron chi connectivity index (χ0n) is 16.1. The Hall–Kier alpha value is -1.67. The van der Waals surface area contributed by atoms with Gasteiger partial charge in [0.25, 0.3) is 11.8 Å². The van der Waals surface area contributed by atoms with E-state index in [-0.39, 0.29) is 21.3 Å². The molecule has 11 heteroatoms. The highest BCUT2D eigenvalue weighted by atomic mass is 35.5. The fourth-order valence-corrected chi connectivity index (χ4v) is 4.95. The molecule has 0 saturated heterocycles. The number of nitrogens with one attached hydrogen (secondary N) is 2. The lowest BCUT2D eigenvalue weighted by molar-refractivity contribution is -0.117. The summed E-state index contributed by atoms with van der Waals surface area (Å²) in [4.78, 5) is 25.2. The van der Waals surface area contributed by atoms with Crippen molar-refractivity contribution in [2.75, 3.05) is 5.32 Å². The summed E-state index contributed by atoms with van der Waals surface area (Å²) in [7, 11) is 0. The predicted molar refractivity (Wildman–Crippen MR) is 118 cm³/mol. The minimum Gasteiger partial charge on any atom is -0.349 e. The van der Waals surface area contributed by atoms with Crippen LogP contribution in [0.25, 0.3) is 0 Å². The van der Waals surface area contributed by atoms with Crippen molar-refractivity contribution in [3.63, 3.8) is 0 Å². The molecule has 0 aromatic heterocycles. The SMILES string of the molecule is O=C(NC1CC(F)(F)C1)c1cc(NC(=O)[C@H]2[C@H](c3ccc(Cl)c(F)c3)C2(Cl)Cl)ccc1Cl. The van der Waals surface area contributed by atoms with Gasteiger partial charge in [0.1, 0.15) is 10.2 Å². The van der Waals surface area contributed by atoms with Crippen molar-refractivity contribution in [2.45, 2.75) is 35.1 Å². The summed E-state index contributed by atoms with van der Waals surface area (Å²) in [5, 5.41) is 5.13.